The van der Waals surface area contributed by atoms with E-state index in [9.17, 15) is 22.7 Å². The summed E-state index contributed by atoms with van der Waals surface area (Å²) in [5.74, 6) is -2.15. The molecule has 1 fully saturated rings. The average molecular weight is 292 g/mol. The average Bonchev–Trinajstić information content (AvgIpc) is 2.40. The van der Waals surface area contributed by atoms with Crippen LogP contribution in [-0.2, 0) is 0 Å². The van der Waals surface area contributed by atoms with E-state index >= 15 is 0 Å². The second-order valence-electron chi connectivity index (χ2n) is 5.05. The summed E-state index contributed by atoms with van der Waals surface area (Å²) < 4.78 is 54.1. The van der Waals surface area contributed by atoms with Crippen molar-refractivity contribution in [2.75, 3.05) is 0 Å². The molecular weight excluding hydrogens is 276 g/mol. The molecule has 1 N–H and O–H groups in total. The van der Waals surface area contributed by atoms with Gasteiger partial charge in [0.1, 0.15) is 0 Å². The third-order valence-corrected chi connectivity index (χ3v) is 3.63. The van der Waals surface area contributed by atoms with Gasteiger partial charge < -0.3 is 9.84 Å². The van der Waals surface area contributed by atoms with Gasteiger partial charge in [0.2, 0.25) is 0 Å². The molecule has 1 saturated carbocycles. The predicted octanol–water partition coefficient (Wildman–Crippen LogP) is 4.34. The lowest BCUT2D eigenvalue weighted by Crippen LogP contribution is -2.20. The molecule has 0 bridgehead atoms. The Morgan fingerprint density at radius 1 is 1.15 bits per heavy atom. The third kappa shape index (κ3) is 3.62. The van der Waals surface area contributed by atoms with E-state index in [2.05, 4.69) is 4.74 Å². The number of halogens is 4. The summed E-state index contributed by atoms with van der Waals surface area (Å²) in [4.78, 5) is 0. The number of hydrogen-bond acceptors (Lipinski definition) is 2. The zero-order valence-electron chi connectivity index (χ0n) is 10.8. The topological polar surface area (TPSA) is 29.5 Å². The first-order valence-electron chi connectivity index (χ1n) is 6.60. The second-order valence-corrected chi connectivity index (χ2v) is 5.05. The van der Waals surface area contributed by atoms with Gasteiger partial charge in [-0.1, -0.05) is 31.4 Å². The van der Waals surface area contributed by atoms with Crippen LogP contribution in [0.15, 0.2) is 18.2 Å². The molecule has 0 heterocycles. The van der Waals surface area contributed by atoms with Crippen LogP contribution < -0.4 is 4.74 Å². The molecule has 1 atom stereocenters. The maximum atomic E-state index is 14.0. The lowest BCUT2D eigenvalue weighted by molar-refractivity contribution is -0.275. The Kier molecular flexibility index (Phi) is 4.52. The minimum atomic E-state index is -4.95. The maximum absolute atomic E-state index is 14.0. The number of hydrogen-bond donors (Lipinski definition) is 1. The van der Waals surface area contributed by atoms with Crippen molar-refractivity contribution in [1.82, 2.24) is 0 Å². The number of rotatable bonds is 3. The van der Waals surface area contributed by atoms with E-state index in [4.69, 9.17) is 0 Å². The molecule has 0 radical (unpaired) electrons. The number of alkyl halides is 3. The monoisotopic (exact) mass is 292 g/mol. The molecule has 112 valence electrons. The fraction of sp³-hybridized carbons (Fsp3) is 0.571. The van der Waals surface area contributed by atoms with E-state index < -0.39 is 24.0 Å². The molecule has 0 amide bonds. The van der Waals surface area contributed by atoms with Gasteiger partial charge in [-0.15, -0.1) is 13.2 Å². The number of benzene rings is 1. The quantitative estimate of drug-likeness (QED) is 0.840. The summed E-state index contributed by atoms with van der Waals surface area (Å²) >= 11 is 0. The van der Waals surface area contributed by atoms with Crippen LogP contribution in [0.4, 0.5) is 17.6 Å². The van der Waals surface area contributed by atoms with Gasteiger partial charge in [0.15, 0.2) is 11.6 Å². The van der Waals surface area contributed by atoms with E-state index in [1.54, 1.807) is 0 Å². The first-order valence-corrected chi connectivity index (χ1v) is 6.60. The Hall–Kier alpha value is -1.30. The molecule has 1 aliphatic rings. The highest BCUT2D eigenvalue weighted by atomic mass is 19.4. The SMILES string of the molecule is OC(c1cccc(OC(F)(F)F)c1F)C1CCCCC1. The molecule has 1 unspecified atom stereocenters. The standard InChI is InChI=1S/C14H16F4O2/c15-12-10(13(19)9-5-2-1-3-6-9)7-4-8-11(12)20-14(16,17)18/h4,7-9,13,19H,1-3,5-6H2. The lowest BCUT2D eigenvalue weighted by Gasteiger charge is -2.27. The van der Waals surface area contributed by atoms with Crippen molar-refractivity contribution in [2.45, 2.75) is 44.6 Å². The molecule has 1 aliphatic carbocycles. The number of ether oxygens (including phenoxy) is 1. The maximum Gasteiger partial charge on any atom is 0.573 e. The summed E-state index contributed by atoms with van der Waals surface area (Å²) in [6.45, 7) is 0. The van der Waals surface area contributed by atoms with E-state index in [0.29, 0.717) is 0 Å². The van der Waals surface area contributed by atoms with Crippen molar-refractivity contribution in [1.29, 1.82) is 0 Å². The van der Waals surface area contributed by atoms with Crippen molar-refractivity contribution in [3.8, 4) is 5.75 Å². The van der Waals surface area contributed by atoms with Gasteiger partial charge in [0, 0.05) is 5.56 Å². The van der Waals surface area contributed by atoms with Gasteiger partial charge in [0.25, 0.3) is 0 Å². The highest BCUT2D eigenvalue weighted by molar-refractivity contribution is 5.33. The fourth-order valence-corrected chi connectivity index (χ4v) is 2.66. The molecule has 6 heteroatoms. The minimum Gasteiger partial charge on any atom is -0.403 e. The van der Waals surface area contributed by atoms with Crippen LogP contribution in [0.1, 0.15) is 43.8 Å². The zero-order chi connectivity index (χ0) is 14.8. The summed E-state index contributed by atoms with van der Waals surface area (Å²) in [5.41, 5.74) is -0.126. The molecule has 20 heavy (non-hydrogen) atoms. The van der Waals surface area contributed by atoms with Gasteiger partial charge in [0.05, 0.1) is 6.10 Å². The highest BCUT2D eigenvalue weighted by Crippen LogP contribution is 2.37. The van der Waals surface area contributed by atoms with Crippen LogP contribution in [0.5, 0.6) is 5.75 Å². The van der Waals surface area contributed by atoms with Gasteiger partial charge in [-0.05, 0) is 24.8 Å². The molecule has 0 spiro atoms. The molecule has 0 aromatic heterocycles. The second kappa shape index (κ2) is 5.99. The van der Waals surface area contributed by atoms with Crippen LogP contribution in [0, 0.1) is 11.7 Å². The Labute approximate surface area is 114 Å². The summed E-state index contributed by atoms with van der Waals surface area (Å²) in [5, 5.41) is 10.2. The van der Waals surface area contributed by atoms with Gasteiger partial charge in [-0.25, -0.2) is 4.39 Å². The summed E-state index contributed by atoms with van der Waals surface area (Å²) in [6, 6.07) is 3.46. The molecule has 0 saturated heterocycles. The third-order valence-electron chi connectivity index (χ3n) is 3.63. The van der Waals surface area contributed by atoms with E-state index in [1.807, 2.05) is 0 Å². The zero-order valence-corrected chi connectivity index (χ0v) is 10.8. The first-order chi connectivity index (χ1) is 9.38. The lowest BCUT2D eigenvalue weighted by atomic mass is 9.82. The molecule has 1 aromatic carbocycles. The Morgan fingerprint density at radius 3 is 2.40 bits per heavy atom. The fourth-order valence-electron chi connectivity index (χ4n) is 2.66. The molecule has 2 rings (SSSR count). The van der Waals surface area contributed by atoms with Crippen molar-refractivity contribution < 1.29 is 27.4 Å². The van der Waals surface area contributed by atoms with Crippen LogP contribution in [-0.4, -0.2) is 11.5 Å². The number of aliphatic hydroxyl groups is 1. The first kappa shape index (κ1) is 15.1. The Bertz CT molecular complexity index is 453. The normalized spacial score (nSPS) is 18.9. The number of aliphatic hydroxyl groups excluding tert-OH is 1. The van der Waals surface area contributed by atoms with E-state index in [-0.39, 0.29) is 11.5 Å². The minimum absolute atomic E-state index is 0.112. The van der Waals surface area contributed by atoms with Gasteiger partial charge in [-0.3, -0.25) is 0 Å². The smallest absolute Gasteiger partial charge is 0.403 e. The van der Waals surface area contributed by atoms with Crippen LogP contribution in [0.3, 0.4) is 0 Å². The van der Waals surface area contributed by atoms with E-state index in [0.717, 1.165) is 38.2 Å². The van der Waals surface area contributed by atoms with Crippen LogP contribution in [0.25, 0.3) is 0 Å². The predicted molar refractivity (Wildman–Crippen MR) is 64.6 cm³/mol. The van der Waals surface area contributed by atoms with Gasteiger partial charge in [-0.2, -0.15) is 0 Å². The van der Waals surface area contributed by atoms with Crippen molar-refractivity contribution in [3.63, 3.8) is 0 Å². The largest absolute Gasteiger partial charge is 0.573 e. The molecule has 0 aliphatic heterocycles. The molecular formula is C14H16F4O2. The molecule has 1 aromatic rings. The van der Waals surface area contributed by atoms with Crippen LogP contribution >= 0.6 is 0 Å². The summed E-state index contributed by atoms with van der Waals surface area (Å²) in [7, 11) is 0. The Morgan fingerprint density at radius 2 is 1.80 bits per heavy atom. The van der Waals surface area contributed by atoms with Gasteiger partial charge >= 0.3 is 6.36 Å². The highest BCUT2D eigenvalue weighted by Gasteiger charge is 2.34. The van der Waals surface area contributed by atoms with Crippen molar-refractivity contribution >= 4 is 0 Å². The van der Waals surface area contributed by atoms with Crippen LogP contribution in [0.2, 0.25) is 0 Å². The molecule has 2 nitrogen and oxygen atoms in total. The Balaban J connectivity index is 2.21. The summed E-state index contributed by atoms with van der Waals surface area (Å²) in [6.07, 6.45) is -1.56. The van der Waals surface area contributed by atoms with Crippen molar-refractivity contribution in [2.24, 2.45) is 5.92 Å². The van der Waals surface area contributed by atoms with E-state index in [1.165, 1.54) is 12.1 Å². The van der Waals surface area contributed by atoms with Crippen molar-refractivity contribution in [3.05, 3.63) is 29.6 Å².